The lowest BCUT2D eigenvalue weighted by Crippen LogP contribution is -2.09. The van der Waals surface area contributed by atoms with E-state index in [1.807, 2.05) is 12.1 Å². The third kappa shape index (κ3) is 6.42. The first kappa shape index (κ1) is 23.0. The van der Waals surface area contributed by atoms with Gasteiger partial charge in [0.25, 0.3) is 5.69 Å². The van der Waals surface area contributed by atoms with Gasteiger partial charge in [-0.15, -0.1) is 11.8 Å². The Balaban J connectivity index is 1.55. The molecule has 0 amide bonds. The predicted molar refractivity (Wildman–Crippen MR) is 122 cm³/mol. The molecule has 0 aromatic heterocycles. The number of nitrogens with zero attached hydrogens (tertiary/aromatic N) is 1. The van der Waals surface area contributed by atoms with Gasteiger partial charge in [-0.25, -0.2) is 9.59 Å². The standard InChI is InChI=1S/C24H21NO6S/c1-2-3-16-32-22-14-6-18(7-15-22)24(27)31-21-12-10-20(11-13-21)30-23(26)17-4-8-19(9-5-17)25(28)29/h4-15H,2-3,16H2,1H3. The van der Waals surface area contributed by atoms with E-state index in [1.54, 1.807) is 23.9 Å². The molecule has 3 rings (SSSR count). The number of rotatable bonds is 9. The maximum absolute atomic E-state index is 12.3. The average Bonchev–Trinajstić information content (AvgIpc) is 2.81. The molecule has 0 atom stereocenters. The van der Waals surface area contributed by atoms with Crippen molar-refractivity contribution in [3.63, 3.8) is 0 Å². The molecule has 0 unspecified atom stereocenters. The van der Waals surface area contributed by atoms with E-state index >= 15 is 0 Å². The highest BCUT2D eigenvalue weighted by molar-refractivity contribution is 7.99. The molecule has 7 nitrogen and oxygen atoms in total. The maximum Gasteiger partial charge on any atom is 0.343 e. The monoisotopic (exact) mass is 451 g/mol. The Kier molecular flexibility index (Phi) is 7.99. The zero-order valence-electron chi connectivity index (χ0n) is 17.4. The highest BCUT2D eigenvalue weighted by atomic mass is 32.2. The number of nitro groups is 1. The Labute approximate surface area is 189 Å². The molecule has 164 valence electrons. The molecule has 0 heterocycles. The topological polar surface area (TPSA) is 95.7 Å². The highest BCUT2D eigenvalue weighted by Gasteiger charge is 2.13. The van der Waals surface area contributed by atoms with Crippen LogP contribution in [0.15, 0.2) is 77.7 Å². The van der Waals surface area contributed by atoms with Crippen LogP contribution in [0.4, 0.5) is 5.69 Å². The number of nitro benzene ring substituents is 1. The molecule has 0 saturated carbocycles. The van der Waals surface area contributed by atoms with Gasteiger partial charge in [-0.1, -0.05) is 13.3 Å². The second-order valence-electron chi connectivity index (χ2n) is 6.78. The first-order valence-corrected chi connectivity index (χ1v) is 11.0. The summed E-state index contributed by atoms with van der Waals surface area (Å²) in [6, 6.07) is 18.4. The van der Waals surface area contributed by atoms with Gasteiger partial charge in [0.15, 0.2) is 0 Å². The third-order valence-corrected chi connectivity index (χ3v) is 5.51. The molecule has 3 aromatic rings. The fourth-order valence-corrected chi connectivity index (χ4v) is 3.65. The van der Waals surface area contributed by atoms with E-state index in [1.165, 1.54) is 48.5 Å². The first-order chi connectivity index (χ1) is 15.5. The minimum atomic E-state index is -0.651. The summed E-state index contributed by atoms with van der Waals surface area (Å²) in [5, 5.41) is 10.7. The van der Waals surface area contributed by atoms with Gasteiger partial charge in [0.2, 0.25) is 0 Å². The number of carbonyl (C=O) groups is 2. The fraction of sp³-hybridized carbons (Fsp3) is 0.167. The number of thioether (sulfide) groups is 1. The lowest BCUT2D eigenvalue weighted by atomic mass is 10.2. The second kappa shape index (κ2) is 11.1. The minimum Gasteiger partial charge on any atom is -0.423 e. The van der Waals surface area contributed by atoms with Gasteiger partial charge in [-0.05, 0) is 72.8 Å². The third-order valence-electron chi connectivity index (χ3n) is 4.42. The number of ether oxygens (including phenoxy) is 2. The van der Waals surface area contributed by atoms with E-state index in [9.17, 15) is 19.7 Å². The Bertz CT molecular complexity index is 1080. The Morgan fingerprint density at radius 2 is 1.28 bits per heavy atom. The van der Waals surface area contributed by atoms with Crippen molar-refractivity contribution in [2.24, 2.45) is 0 Å². The van der Waals surface area contributed by atoms with E-state index in [0.29, 0.717) is 11.3 Å². The van der Waals surface area contributed by atoms with Crippen molar-refractivity contribution in [2.75, 3.05) is 5.75 Å². The molecule has 0 radical (unpaired) electrons. The summed E-state index contributed by atoms with van der Waals surface area (Å²) in [6.45, 7) is 2.15. The summed E-state index contributed by atoms with van der Waals surface area (Å²) in [6.07, 6.45) is 2.29. The van der Waals surface area contributed by atoms with Crippen LogP contribution in [0.2, 0.25) is 0 Å². The summed E-state index contributed by atoms with van der Waals surface area (Å²) < 4.78 is 10.6. The summed E-state index contributed by atoms with van der Waals surface area (Å²) in [5.41, 5.74) is 0.513. The maximum atomic E-state index is 12.3. The van der Waals surface area contributed by atoms with Gasteiger partial charge in [0, 0.05) is 17.0 Å². The Hall–Kier alpha value is -3.65. The van der Waals surface area contributed by atoms with Crippen LogP contribution in [0.25, 0.3) is 0 Å². The summed E-state index contributed by atoms with van der Waals surface area (Å²) >= 11 is 1.75. The van der Waals surface area contributed by atoms with Crippen molar-refractivity contribution in [1.29, 1.82) is 0 Å². The van der Waals surface area contributed by atoms with Gasteiger partial charge in [-0.2, -0.15) is 0 Å². The molecular weight excluding hydrogens is 430 g/mol. The zero-order chi connectivity index (χ0) is 22.9. The fourth-order valence-electron chi connectivity index (χ4n) is 2.65. The number of carbonyl (C=O) groups excluding carboxylic acids is 2. The van der Waals surface area contributed by atoms with Crippen LogP contribution in [-0.2, 0) is 0 Å². The van der Waals surface area contributed by atoms with Crippen molar-refractivity contribution >= 4 is 29.4 Å². The molecule has 0 saturated heterocycles. The van der Waals surface area contributed by atoms with E-state index in [-0.39, 0.29) is 17.0 Å². The predicted octanol–water partition coefficient (Wildman–Crippen LogP) is 5.93. The summed E-state index contributed by atoms with van der Waals surface area (Å²) in [5.74, 6) is 0.474. The number of unbranched alkanes of at least 4 members (excludes halogenated alkanes) is 1. The van der Waals surface area contributed by atoms with Crippen LogP contribution >= 0.6 is 11.8 Å². The van der Waals surface area contributed by atoms with Crippen molar-refractivity contribution in [2.45, 2.75) is 24.7 Å². The van der Waals surface area contributed by atoms with Gasteiger partial charge >= 0.3 is 11.9 Å². The number of hydrogen-bond donors (Lipinski definition) is 0. The molecular formula is C24H21NO6S. The molecule has 0 bridgehead atoms. The van der Waals surface area contributed by atoms with E-state index in [2.05, 4.69) is 6.92 Å². The van der Waals surface area contributed by atoms with Crippen LogP contribution in [0.5, 0.6) is 11.5 Å². The van der Waals surface area contributed by atoms with Crippen molar-refractivity contribution in [3.05, 3.63) is 94.0 Å². The molecule has 32 heavy (non-hydrogen) atoms. The van der Waals surface area contributed by atoms with E-state index in [4.69, 9.17) is 9.47 Å². The largest absolute Gasteiger partial charge is 0.423 e. The number of hydrogen-bond acceptors (Lipinski definition) is 7. The Morgan fingerprint density at radius 1 is 0.812 bits per heavy atom. The van der Waals surface area contributed by atoms with E-state index in [0.717, 1.165) is 23.5 Å². The lowest BCUT2D eigenvalue weighted by Gasteiger charge is -2.07. The lowest BCUT2D eigenvalue weighted by molar-refractivity contribution is -0.384. The van der Waals surface area contributed by atoms with Crippen molar-refractivity contribution in [1.82, 2.24) is 0 Å². The smallest absolute Gasteiger partial charge is 0.343 e. The van der Waals surface area contributed by atoms with Crippen LogP contribution in [0.3, 0.4) is 0 Å². The van der Waals surface area contributed by atoms with Crippen LogP contribution in [0.1, 0.15) is 40.5 Å². The Morgan fingerprint density at radius 3 is 1.72 bits per heavy atom. The molecule has 8 heteroatoms. The van der Waals surface area contributed by atoms with Crippen molar-refractivity contribution < 1.29 is 24.0 Å². The average molecular weight is 452 g/mol. The molecule has 0 aliphatic heterocycles. The molecule has 0 N–H and O–H groups in total. The number of non-ortho nitro benzene ring substituents is 1. The van der Waals surface area contributed by atoms with E-state index < -0.39 is 16.9 Å². The molecule has 0 spiro atoms. The quantitative estimate of drug-likeness (QED) is 0.0994. The normalized spacial score (nSPS) is 10.4. The number of benzene rings is 3. The molecule has 0 fully saturated rings. The first-order valence-electron chi connectivity index (χ1n) is 9.98. The van der Waals surface area contributed by atoms with Gasteiger partial charge < -0.3 is 9.47 Å². The molecule has 0 aliphatic carbocycles. The van der Waals surface area contributed by atoms with Crippen LogP contribution in [-0.4, -0.2) is 22.6 Å². The minimum absolute atomic E-state index is 0.113. The van der Waals surface area contributed by atoms with Crippen LogP contribution < -0.4 is 9.47 Å². The summed E-state index contributed by atoms with van der Waals surface area (Å²) in [7, 11) is 0. The van der Waals surface area contributed by atoms with Gasteiger partial charge in [0.1, 0.15) is 11.5 Å². The van der Waals surface area contributed by atoms with Crippen LogP contribution in [0, 0.1) is 10.1 Å². The van der Waals surface area contributed by atoms with Gasteiger partial charge in [-0.3, -0.25) is 10.1 Å². The summed E-state index contributed by atoms with van der Waals surface area (Å²) in [4.78, 5) is 35.8. The second-order valence-corrected chi connectivity index (χ2v) is 7.95. The molecule has 3 aromatic carbocycles. The number of esters is 2. The highest BCUT2D eigenvalue weighted by Crippen LogP contribution is 2.22. The SMILES string of the molecule is CCCCSc1ccc(C(=O)Oc2ccc(OC(=O)c3ccc([N+](=O)[O-])cc3)cc2)cc1. The zero-order valence-corrected chi connectivity index (χ0v) is 18.2. The molecule has 0 aliphatic rings. The van der Waals surface area contributed by atoms with Crippen molar-refractivity contribution in [3.8, 4) is 11.5 Å². The van der Waals surface area contributed by atoms with Gasteiger partial charge in [0.05, 0.1) is 16.1 Å².